The molecule has 3 aromatic rings. The molecule has 0 bridgehead atoms. The molecule has 39 heavy (non-hydrogen) atoms. The maximum absolute atomic E-state index is 13.2. The molecule has 0 aromatic heterocycles. The number of hydrogen-bond donors (Lipinski definition) is 4. The maximum atomic E-state index is 13.2. The molecule has 2 amide bonds. The average Bonchev–Trinajstić information content (AvgIpc) is 2.92. The van der Waals surface area contributed by atoms with E-state index in [9.17, 15) is 28.9 Å². The van der Waals surface area contributed by atoms with E-state index in [0.717, 1.165) is 16.7 Å². The highest BCUT2D eigenvalue weighted by Gasteiger charge is 2.32. The van der Waals surface area contributed by atoms with Crippen molar-refractivity contribution in [2.24, 2.45) is 11.8 Å². The van der Waals surface area contributed by atoms with E-state index < -0.39 is 43.4 Å². The lowest BCUT2D eigenvalue weighted by Crippen LogP contribution is -2.46. The summed E-state index contributed by atoms with van der Waals surface area (Å²) in [5.74, 6) is -3.15. The minimum absolute atomic E-state index is 0.0217. The van der Waals surface area contributed by atoms with Crippen molar-refractivity contribution in [3.8, 4) is 11.1 Å². The van der Waals surface area contributed by atoms with Crippen molar-refractivity contribution in [3.05, 3.63) is 96.1 Å². The summed E-state index contributed by atoms with van der Waals surface area (Å²) in [6, 6.07) is 24.3. The standard InChI is InChI=1S/C30H35N2O6P/c1-21(2)17-26(19-39(37,38)20-31-28(33)25-11-7-4-8-12-25)29(34)32-27(30(35)36)18-22-13-15-24(16-14-22)23-9-5-3-6-10-23/h3-16,21,26-27H,17-20H2,1-2H3,(H,31,33)(H,32,34)(H,35,36)(H,37,38)/t26?,27-/m0/s1. The molecule has 0 heterocycles. The second-order valence-electron chi connectivity index (χ2n) is 10.1. The normalized spacial score (nSPS) is 14.2. The smallest absolute Gasteiger partial charge is 0.326 e. The number of amides is 2. The van der Waals surface area contributed by atoms with Crippen LogP contribution in [0.2, 0.25) is 0 Å². The van der Waals surface area contributed by atoms with Gasteiger partial charge in [-0.15, -0.1) is 0 Å². The second-order valence-corrected chi connectivity index (χ2v) is 12.4. The molecule has 2 unspecified atom stereocenters. The zero-order valence-corrected chi connectivity index (χ0v) is 23.0. The van der Waals surface area contributed by atoms with Gasteiger partial charge in [0.15, 0.2) is 0 Å². The fourth-order valence-corrected chi connectivity index (χ4v) is 5.84. The van der Waals surface area contributed by atoms with E-state index in [1.54, 1.807) is 30.3 Å². The number of carbonyl (C=O) groups is 3. The predicted molar refractivity (Wildman–Crippen MR) is 152 cm³/mol. The average molecular weight is 551 g/mol. The molecule has 0 spiro atoms. The third-order valence-electron chi connectivity index (χ3n) is 6.27. The van der Waals surface area contributed by atoms with Crippen LogP contribution in [0.4, 0.5) is 0 Å². The van der Waals surface area contributed by atoms with Gasteiger partial charge in [0.1, 0.15) is 6.04 Å². The SMILES string of the molecule is CC(C)CC(CP(=O)(O)CNC(=O)c1ccccc1)C(=O)N[C@@H](Cc1ccc(-c2ccccc2)cc1)C(=O)O. The van der Waals surface area contributed by atoms with Crippen molar-refractivity contribution in [2.45, 2.75) is 32.7 Å². The first-order chi connectivity index (χ1) is 18.5. The van der Waals surface area contributed by atoms with Gasteiger partial charge < -0.3 is 20.6 Å². The molecule has 0 aliphatic heterocycles. The number of aliphatic carboxylic acids is 1. The first-order valence-electron chi connectivity index (χ1n) is 12.9. The number of rotatable bonds is 13. The largest absolute Gasteiger partial charge is 0.480 e. The van der Waals surface area contributed by atoms with E-state index in [1.807, 2.05) is 68.4 Å². The van der Waals surface area contributed by atoms with Crippen LogP contribution in [0.1, 0.15) is 36.2 Å². The van der Waals surface area contributed by atoms with Gasteiger partial charge in [0.05, 0.1) is 6.29 Å². The van der Waals surface area contributed by atoms with E-state index in [1.165, 1.54) is 0 Å². The lowest BCUT2D eigenvalue weighted by Gasteiger charge is -2.24. The molecular formula is C30H35N2O6P. The molecule has 3 rings (SSSR count). The van der Waals surface area contributed by atoms with E-state index >= 15 is 0 Å². The van der Waals surface area contributed by atoms with Crippen LogP contribution in [-0.4, -0.2) is 46.3 Å². The quantitative estimate of drug-likeness (QED) is 0.226. The summed E-state index contributed by atoms with van der Waals surface area (Å²) in [6.07, 6.45) is -0.501. The summed E-state index contributed by atoms with van der Waals surface area (Å²) in [6.45, 7) is 3.76. The molecule has 0 fully saturated rings. The highest BCUT2D eigenvalue weighted by atomic mass is 31.2. The van der Waals surface area contributed by atoms with Crippen LogP contribution in [0.15, 0.2) is 84.9 Å². The van der Waals surface area contributed by atoms with Crippen molar-refractivity contribution < 1.29 is 28.9 Å². The number of hydrogen-bond acceptors (Lipinski definition) is 4. The summed E-state index contributed by atoms with van der Waals surface area (Å²) >= 11 is 0. The maximum Gasteiger partial charge on any atom is 0.326 e. The minimum atomic E-state index is -3.94. The lowest BCUT2D eigenvalue weighted by atomic mass is 9.96. The van der Waals surface area contributed by atoms with Crippen molar-refractivity contribution in [2.75, 3.05) is 12.4 Å². The lowest BCUT2D eigenvalue weighted by molar-refractivity contribution is -0.142. The van der Waals surface area contributed by atoms with Gasteiger partial charge in [-0.05, 0) is 41.2 Å². The number of carboxylic acids is 1. The summed E-state index contributed by atoms with van der Waals surface area (Å²) in [5.41, 5.74) is 3.12. The predicted octanol–water partition coefficient (Wildman–Crippen LogP) is 4.79. The Morgan fingerprint density at radius 3 is 1.97 bits per heavy atom. The Hall–Kier alpha value is -3.74. The van der Waals surface area contributed by atoms with E-state index in [4.69, 9.17) is 0 Å². The third kappa shape index (κ3) is 9.50. The van der Waals surface area contributed by atoms with Crippen LogP contribution in [-0.2, 0) is 20.6 Å². The molecule has 206 valence electrons. The van der Waals surface area contributed by atoms with Crippen LogP contribution < -0.4 is 10.6 Å². The summed E-state index contributed by atoms with van der Waals surface area (Å²) in [7, 11) is -3.94. The topological polar surface area (TPSA) is 133 Å². The summed E-state index contributed by atoms with van der Waals surface area (Å²) < 4.78 is 13.0. The van der Waals surface area contributed by atoms with Crippen molar-refractivity contribution in [1.82, 2.24) is 10.6 Å². The van der Waals surface area contributed by atoms with Gasteiger partial charge in [-0.1, -0.05) is 86.6 Å². The van der Waals surface area contributed by atoms with E-state index in [-0.39, 0.29) is 18.5 Å². The number of carboxylic acid groups (broad SMARTS) is 1. The first kappa shape index (κ1) is 29.8. The zero-order valence-electron chi connectivity index (χ0n) is 22.1. The van der Waals surface area contributed by atoms with Gasteiger partial charge in [0, 0.05) is 24.1 Å². The highest BCUT2D eigenvalue weighted by molar-refractivity contribution is 7.58. The number of nitrogens with one attached hydrogen (secondary N) is 2. The van der Waals surface area contributed by atoms with Gasteiger partial charge in [0.2, 0.25) is 13.3 Å². The molecule has 3 aromatic carbocycles. The fourth-order valence-electron chi connectivity index (χ4n) is 4.32. The molecule has 0 saturated heterocycles. The van der Waals surface area contributed by atoms with Gasteiger partial charge in [0.25, 0.3) is 5.91 Å². The third-order valence-corrected chi connectivity index (χ3v) is 7.93. The van der Waals surface area contributed by atoms with Crippen molar-refractivity contribution in [1.29, 1.82) is 0 Å². The molecular weight excluding hydrogens is 515 g/mol. The molecule has 4 N–H and O–H groups in total. The summed E-state index contributed by atoms with van der Waals surface area (Å²) in [5, 5.41) is 14.8. The van der Waals surface area contributed by atoms with Gasteiger partial charge in [-0.3, -0.25) is 14.2 Å². The Kier molecular flexibility index (Phi) is 10.6. The van der Waals surface area contributed by atoms with Crippen molar-refractivity contribution in [3.63, 3.8) is 0 Å². The first-order valence-corrected chi connectivity index (χ1v) is 14.9. The van der Waals surface area contributed by atoms with E-state index in [0.29, 0.717) is 12.0 Å². The van der Waals surface area contributed by atoms with Crippen LogP contribution >= 0.6 is 7.37 Å². The van der Waals surface area contributed by atoms with Gasteiger partial charge in [-0.2, -0.15) is 0 Å². The second kappa shape index (κ2) is 13.9. The van der Waals surface area contributed by atoms with Crippen molar-refractivity contribution >= 4 is 25.2 Å². The zero-order chi connectivity index (χ0) is 28.4. The molecule has 9 heteroatoms. The number of carbonyl (C=O) groups excluding carboxylic acids is 2. The Balaban J connectivity index is 1.65. The van der Waals surface area contributed by atoms with E-state index in [2.05, 4.69) is 10.6 Å². The minimum Gasteiger partial charge on any atom is -0.480 e. The van der Waals surface area contributed by atoms with Crippen LogP contribution in [0.5, 0.6) is 0 Å². The highest BCUT2D eigenvalue weighted by Crippen LogP contribution is 2.42. The molecule has 0 aliphatic carbocycles. The molecule has 0 saturated carbocycles. The molecule has 0 aliphatic rings. The monoisotopic (exact) mass is 550 g/mol. The Morgan fingerprint density at radius 2 is 1.41 bits per heavy atom. The van der Waals surface area contributed by atoms with Crippen LogP contribution in [0.25, 0.3) is 11.1 Å². The van der Waals surface area contributed by atoms with Gasteiger partial charge >= 0.3 is 5.97 Å². The fraction of sp³-hybridized carbons (Fsp3) is 0.300. The molecule has 8 nitrogen and oxygen atoms in total. The Morgan fingerprint density at radius 1 is 0.846 bits per heavy atom. The molecule has 0 radical (unpaired) electrons. The van der Waals surface area contributed by atoms with Gasteiger partial charge in [-0.25, -0.2) is 4.79 Å². The molecule has 3 atom stereocenters. The summed E-state index contributed by atoms with van der Waals surface area (Å²) in [4.78, 5) is 48.1. The Bertz CT molecular complexity index is 1300. The Labute approximate surface area is 228 Å². The van der Waals surface area contributed by atoms with Crippen LogP contribution in [0, 0.1) is 11.8 Å². The van der Waals surface area contributed by atoms with Crippen LogP contribution in [0.3, 0.4) is 0 Å². The number of benzene rings is 3.